The zero-order valence-corrected chi connectivity index (χ0v) is 16.1. The van der Waals surface area contributed by atoms with Crippen molar-refractivity contribution in [1.82, 2.24) is 0 Å². The molecule has 1 aliphatic heterocycles. The fraction of sp³-hybridized carbons (Fsp3) is 0.579. The number of carbonyl (C=O) groups excluding carboxylic acids is 1. The summed E-state index contributed by atoms with van der Waals surface area (Å²) in [5.74, 6) is 0.592. The molecule has 1 aromatic carbocycles. The van der Waals surface area contributed by atoms with E-state index < -0.39 is 0 Å². The molecule has 0 amide bonds. The summed E-state index contributed by atoms with van der Waals surface area (Å²) in [6.07, 6.45) is 7.05. The Morgan fingerprint density at radius 1 is 1.30 bits per heavy atom. The molecule has 1 heterocycles. The van der Waals surface area contributed by atoms with E-state index in [1.165, 1.54) is 24.8 Å². The van der Waals surface area contributed by atoms with Crippen molar-refractivity contribution in [1.29, 1.82) is 0 Å². The summed E-state index contributed by atoms with van der Waals surface area (Å²) >= 11 is 9.76. The quantitative estimate of drug-likeness (QED) is 0.638. The molecule has 1 aromatic rings. The summed E-state index contributed by atoms with van der Waals surface area (Å²) in [7, 11) is 0. The van der Waals surface area contributed by atoms with Gasteiger partial charge >= 0.3 is 0 Å². The van der Waals surface area contributed by atoms with Crippen molar-refractivity contribution in [2.45, 2.75) is 64.3 Å². The van der Waals surface area contributed by atoms with Gasteiger partial charge in [0.25, 0.3) is 0 Å². The second kappa shape index (κ2) is 6.68. The lowest BCUT2D eigenvalue weighted by Crippen LogP contribution is -2.31. The largest absolute Gasteiger partial charge is 0.299 e. The maximum absolute atomic E-state index is 12.7. The molecule has 0 unspecified atom stereocenters. The van der Waals surface area contributed by atoms with Crippen LogP contribution in [-0.4, -0.2) is 17.0 Å². The van der Waals surface area contributed by atoms with Crippen LogP contribution in [0.15, 0.2) is 21.6 Å². The van der Waals surface area contributed by atoms with Crippen LogP contribution in [0.1, 0.15) is 63.5 Å². The van der Waals surface area contributed by atoms with Gasteiger partial charge < -0.3 is 0 Å². The fourth-order valence-corrected chi connectivity index (χ4v) is 4.33. The van der Waals surface area contributed by atoms with Crippen LogP contribution in [0, 0.1) is 5.92 Å². The van der Waals surface area contributed by atoms with Crippen molar-refractivity contribution in [2.75, 3.05) is 0 Å². The van der Waals surface area contributed by atoms with E-state index in [0.717, 1.165) is 40.0 Å². The highest BCUT2D eigenvalue weighted by Gasteiger charge is 2.30. The number of aliphatic imine (C=N–C) groups is 1. The Hall–Kier alpha value is -0.670. The van der Waals surface area contributed by atoms with Crippen molar-refractivity contribution in [3.8, 4) is 0 Å². The van der Waals surface area contributed by atoms with Gasteiger partial charge in [-0.05, 0) is 66.7 Å². The van der Waals surface area contributed by atoms with Crippen LogP contribution >= 0.6 is 27.5 Å². The minimum atomic E-state index is -0.174. The first-order chi connectivity index (χ1) is 10.9. The smallest absolute Gasteiger partial charge is 0.141 e. The number of benzene rings is 1. The fourth-order valence-electron chi connectivity index (χ4n) is 3.80. The summed E-state index contributed by atoms with van der Waals surface area (Å²) in [6.45, 7) is 4.24. The number of rotatable bonds is 3. The molecule has 2 nitrogen and oxygen atoms in total. The maximum Gasteiger partial charge on any atom is 0.141 e. The lowest BCUT2D eigenvalue weighted by Gasteiger charge is -2.30. The van der Waals surface area contributed by atoms with E-state index in [1.54, 1.807) is 0 Å². The van der Waals surface area contributed by atoms with Gasteiger partial charge in [0, 0.05) is 22.4 Å². The molecular weight excluding hydrogens is 374 g/mol. The first-order valence-corrected chi connectivity index (χ1v) is 9.62. The molecule has 1 fully saturated rings. The Morgan fingerprint density at radius 3 is 2.70 bits per heavy atom. The van der Waals surface area contributed by atoms with Gasteiger partial charge in [-0.1, -0.05) is 30.9 Å². The minimum absolute atomic E-state index is 0.174. The van der Waals surface area contributed by atoms with Crippen LogP contribution < -0.4 is 0 Å². The number of hydrogen-bond acceptors (Lipinski definition) is 2. The predicted octanol–water partition coefficient (Wildman–Crippen LogP) is 5.77. The molecule has 0 N–H and O–H groups in total. The third-order valence-electron chi connectivity index (χ3n) is 4.92. The van der Waals surface area contributed by atoms with Crippen LogP contribution in [0.25, 0.3) is 0 Å². The molecular formula is C19H23BrClNO. The van der Waals surface area contributed by atoms with Gasteiger partial charge in [-0.25, -0.2) is 0 Å². The number of fused-ring (bicyclic) bond motifs is 1. The highest BCUT2D eigenvalue weighted by atomic mass is 79.9. The third kappa shape index (κ3) is 3.88. The van der Waals surface area contributed by atoms with Crippen molar-refractivity contribution in [2.24, 2.45) is 10.9 Å². The van der Waals surface area contributed by atoms with Gasteiger partial charge in [-0.3, -0.25) is 9.79 Å². The van der Waals surface area contributed by atoms with Gasteiger partial charge in [-0.15, -0.1) is 0 Å². The summed E-state index contributed by atoms with van der Waals surface area (Å²) < 4.78 is 0.871. The van der Waals surface area contributed by atoms with E-state index in [1.807, 2.05) is 12.1 Å². The van der Waals surface area contributed by atoms with Crippen LogP contribution in [0.4, 0.5) is 0 Å². The van der Waals surface area contributed by atoms with E-state index in [-0.39, 0.29) is 11.5 Å². The molecule has 0 saturated heterocycles. The third-order valence-corrected chi connectivity index (χ3v) is 6.12. The molecule has 0 radical (unpaired) electrons. The lowest BCUT2D eigenvalue weighted by molar-refractivity contribution is -0.122. The van der Waals surface area contributed by atoms with Crippen molar-refractivity contribution in [3.63, 3.8) is 0 Å². The molecule has 0 bridgehead atoms. The summed E-state index contributed by atoms with van der Waals surface area (Å²) in [5, 5.41) is 0.722. The number of ketones is 1. The monoisotopic (exact) mass is 395 g/mol. The number of hydrogen-bond donors (Lipinski definition) is 0. The van der Waals surface area contributed by atoms with Gasteiger partial charge in [0.1, 0.15) is 5.78 Å². The van der Waals surface area contributed by atoms with Crippen LogP contribution in [0.3, 0.4) is 0 Å². The number of halogens is 2. The topological polar surface area (TPSA) is 29.4 Å². The van der Waals surface area contributed by atoms with Crippen LogP contribution in [0.5, 0.6) is 0 Å². The van der Waals surface area contributed by atoms with Crippen LogP contribution in [0.2, 0.25) is 5.02 Å². The molecule has 1 aliphatic carbocycles. The van der Waals surface area contributed by atoms with Crippen LogP contribution in [-0.2, 0) is 11.2 Å². The highest BCUT2D eigenvalue weighted by molar-refractivity contribution is 9.10. The molecule has 0 aromatic heterocycles. The molecule has 23 heavy (non-hydrogen) atoms. The first-order valence-electron chi connectivity index (χ1n) is 8.45. The molecule has 124 valence electrons. The lowest BCUT2D eigenvalue weighted by atomic mass is 9.81. The number of nitrogens with zero attached hydrogens (tertiary/aromatic N) is 1. The second-order valence-electron chi connectivity index (χ2n) is 7.45. The minimum Gasteiger partial charge on any atom is -0.299 e. The molecule has 1 saturated carbocycles. The van der Waals surface area contributed by atoms with E-state index in [2.05, 4.69) is 29.8 Å². The first kappa shape index (κ1) is 17.2. The SMILES string of the molecule is CC1(C)Cc2cc(Cl)c(Br)cc2C(CC(=O)C2CCCCC2)=N1. The van der Waals surface area contributed by atoms with E-state index in [0.29, 0.717) is 12.2 Å². The molecule has 4 heteroatoms. The molecule has 0 atom stereocenters. The summed E-state index contributed by atoms with van der Waals surface area (Å²) in [5.41, 5.74) is 3.05. The van der Waals surface area contributed by atoms with Gasteiger partial charge in [0.15, 0.2) is 0 Å². The van der Waals surface area contributed by atoms with Gasteiger partial charge in [0.05, 0.1) is 16.3 Å². The zero-order chi connectivity index (χ0) is 16.6. The Balaban J connectivity index is 1.89. The Morgan fingerprint density at radius 2 is 2.00 bits per heavy atom. The van der Waals surface area contributed by atoms with E-state index in [4.69, 9.17) is 16.6 Å². The number of carbonyl (C=O) groups is 1. The summed E-state index contributed by atoms with van der Waals surface area (Å²) in [4.78, 5) is 17.6. The highest BCUT2D eigenvalue weighted by Crippen LogP contribution is 2.35. The Labute approximate surface area is 151 Å². The second-order valence-corrected chi connectivity index (χ2v) is 8.71. The van der Waals surface area contributed by atoms with Crippen molar-refractivity contribution < 1.29 is 4.79 Å². The van der Waals surface area contributed by atoms with Crippen molar-refractivity contribution in [3.05, 3.63) is 32.8 Å². The van der Waals surface area contributed by atoms with Gasteiger partial charge in [0.2, 0.25) is 0 Å². The summed E-state index contributed by atoms with van der Waals surface area (Å²) in [6, 6.07) is 4.04. The predicted molar refractivity (Wildman–Crippen MR) is 99.7 cm³/mol. The standard InChI is InChI=1S/C19H23BrClNO/c1-19(2)11-13-8-16(21)15(20)9-14(13)17(22-19)10-18(23)12-6-4-3-5-7-12/h8-9,12H,3-7,10-11H2,1-2H3. The van der Waals surface area contributed by atoms with Crippen molar-refractivity contribution >= 4 is 39.0 Å². The maximum atomic E-state index is 12.7. The van der Waals surface area contributed by atoms with E-state index in [9.17, 15) is 4.79 Å². The average molecular weight is 397 g/mol. The molecule has 3 rings (SSSR count). The molecule has 0 spiro atoms. The van der Waals surface area contributed by atoms with E-state index >= 15 is 0 Å². The number of Topliss-reactive ketones (excluding diaryl/α,β-unsaturated/α-hetero) is 1. The molecule has 2 aliphatic rings. The Bertz CT molecular complexity index is 660. The average Bonchev–Trinajstić information content (AvgIpc) is 2.49. The van der Waals surface area contributed by atoms with Gasteiger partial charge in [-0.2, -0.15) is 0 Å². The normalized spacial score (nSPS) is 20.8. The zero-order valence-electron chi connectivity index (χ0n) is 13.8. The Kier molecular flexibility index (Phi) is 4.98.